The van der Waals surface area contributed by atoms with Crippen molar-refractivity contribution in [1.82, 2.24) is 15.0 Å². The second-order valence-corrected chi connectivity index (χ2v) is 3.48. The first-order valence-corrected chi connectivity index (χ1v) is 4.77. The van der Waals surface area contributed by atoms with Crippen molar-refractivity contribution < 1.29 is 0 Å². The van der Waals surface area contributed by atoms with Gasteiger partial charge in [-0.1, -0.05) is 12.1 Å². The largest absolute Gasteiger partial charge is 0.297 e. The van der Waals surface area contributed by atoms with Crippen molar-refractivity contribution in [1.29, 1.82) is 0 Å². The van der Waals surface area contributed by atoms with E-state index < -0.39 is 0 Å². The Morgan fingerprint density at radius 1 is 1.13 bits per heavy atom. The van der Waals surface area contributed by atoms with Crippen LogP contribution >= 0.6 is 0 Å². The van der Waals surface area contributed by atoms with Crippen LogP contribution in [-0.2, 0) is 0 Å². The van der Waals surface area contributed by atoms with Gasteiger partial charge in [-0.25, -0.2) is 9.97 Å². The van der Waals surface area contributed by atoms with Crippen molar-refractivity contribution in [3.05, 3.63) is 36.2 Å². The molecule has 0 aliphatic carbocycles. The molecule has 74 valence electrons. The fraction of sp³-hybridized carbons (Fsp3) is 0.0909. The molecule has 0 saturated carbocycles. The monoisotopic (exact) mass is 198 g/mol. The molecule has 0 spiro atoms. The molecule has 2 heterocycles. The van der Waals surface area contributed by atoms with Crippen molar-refractivity contribution in [3.8, 4) is 0 Å². The molecule has 2 aromatic rings. The summed E-state index contributed by atoms with van der Waals surface area (Å²) in [5.41, 5.74) is 5.84. The lowest BCUT2D eigenvalue weighted by atomic mass is 10.2. The Hall–Kier alpha value is -2.10. The first kappa shape index (κ1) is 8.23. The van der Waals surface area contributed by atoms with Gasteiger partial charge in [-0.05, 0) is 18.2 Å². The zero-order chi connectivity index (χ0) is 10.3. The highest BCUT2D eigenvalue weighted by molar-refractivity contribution is 5.79. The van der Waals surface area contributed by atoms with Crippen LogP contribution in [0.4, 0.5) is 5.82 Å². The zero-order valence-electron chi connectivity index (χ0n) is 8.31. The molecule has 1 aliphatic heterocycles. The number of rotatable bonds is 0. The van der Waals surface area contributed by atoms with Gasteiger partial charge in [-0.15, -0.1) is 0 Å². The molecule has 0 radical (unpaired) electrons. The minimum Gasteiger partial charge on any atom is -0.297 e. The van der Waals surface area contributed by atoms with Gasteiger partial charge in [0.25, 0.3) is 0 Å². The summed E-state index contributed by atoms with van der Waals surface area (Å²) in [5, 5.41) is 1.85. The van der Waals surface area contributed by atoms with Crippen LogP contribution in [0.2, 0.25) is 0 Å². The minimum atomic E-state index is 0.804. The third-order valence-corrected chi connectivity index (χ3v) is 2.34. The number of hydrogen-bond donors (Lipinski definition) is 1. The van der Waals surface area contributed by atoms with E-state index in [-0.39, 0.29) is 0 Å². The van der Waals surface area contributed by atoms with Crippen LogP contribution in [0.3, 0.4) is 0 Å². The van der Waals surface area contributed by atoms with E-state index in [0.29, 0.717) is 0 Å². The lowest BCUT2D eigenvalue weighted by molar-refractivity contribution is 0.546. The van der Waals surface area contributed by atoms with Gasteiger partial charge in [0, 0.05) is 13.2 Å². The molecule has 15 heavy (non-hydrogen) atoms. The first-order chi connectivity index (χ1) is 7.33. The number of fused-ring (bicyclic) bond motifs is 2. The molecule has 0 fully saturated rings. The molecule has 4 nitrogen and oxygen atoms in total. The Morgan fingerprint density at radius 3 is 2.67 bits per heavy atom. The predicted octanol–water partition coefficient (Wildman–Crippen LogP) is 1.87. The van der Waals surface area contributed by atoms with E-state index in [0.717, 1.165) is 22.5 Å². The first-order valence-electron chi connectivity index (χ1n) is 4.77. The van der Waals surface area contributed by atoms with Gasteiger partial charge < -0.3 is 0 Å². The lowest BCUT2D eigenvalue weighted by Gasteiger charge is -2.21. The third kappa shape index (κ3) is 1.30. The Bertz CT molecular complexity index is 547. The average molecular weight is 198 g/mol. The molecule has 1 aromatic carbocycles. The van der Waals surface area contributed by atoms with Crippen molar-refractivity contribution in [2.45, 2.75) is 0 Å². The Labute approximate surface area is 87.2 Å². The van der Waals surface area contributed by atoms with Gasteiger partial charge in [0.15, 0.2) is 5.82 Å². The second-order valence-electron chi connectivity index (χ2n) is 3.48. The van der Waals surface area contributed by atoms with E-state index in [2.05, 4.69) is 15.4 Å². The highest BCUT2D eigenvalue weighted by Gasteiger charge is 2.10. The SMILES string of the molecule is CN1C=Cc2nc3ccccc3nc2N1. The molecule has 1 aromatic heterocycles. The number of benzene rings is 1. The molecule has 4 heteroatoms. The number of anilines is 1. The Balaban J connectivity index is 2.26. The highest BCUT2D eigenvalue weighted by atomic mass is 15.5. The quantitative estimate of drug-likeness (QED) is 0.701. The molecule has 3 rings (SSSR count). The fourth-order valence-corrected chi connectivity index (χ4v) is 1.60. The molecule has 0 amide bonds. The van der Waals surface area contributed by atoms with E-state index in [4.69, 9.17) is 0 Å². The number of nitrogens with one attached hydrogen (secondary N) is 1. The van der Waals surface area contributed by atoms with Crippen LogP contribution < -0.4 is 5.43 Å². The molecule has 0 saturated heterocycles. The maximum atomic E-state index is 4.51. The summed E-state index contributed by atoms with van der Waals surface area (Å²) in [7, 11) is 1.93. The molecule has 1 N–H and O–H groups in total. The zero-order valence-corrected chi connectivity index (χ0v) is 8.31. The molecule has 0 bridgehead atoms. The molecule has 0 unspecified atom stereocenters. The van der Waals surface area contributed by atoms with Crippen LogP contribution in [0.5, 0.6) is 0 Å². The van der Waals surface area contributed by atoms with Crippen molar-refractivity contribution in [2.75, 3.05) is 12.5 Å². The minimum absolute atomic E-state index is 0.804. The number of nitrogens with zero attached hydrogens (tertiary/aromatic N) is 3. The number of para-hydroxylation sites is 2. The van der Waals surface area contributed by atoms with E-state index in [1.165, 1.54) is 0 Å². The van der Waals surface area contributed by atoms with Crippen LogP contribution in [0.1, 0.15) is 5.69 Å². The average Bonchev–Trinajstić information content (AvgIpc) is 2.26. The summed E-state index contributed by atoms with van der Waals surface area (Å²) >= 11 is 0. The standard InChI is InChI=1S/C11H10N4/c1-15-7-6-10-11(14-15)13-9-5-3-2-4-8(9)12-10/h2-7H,1H3,(H,13,14). The van der Waals surface area contributed by atoms with Gasteiger partial charge in [-0.2, -0.15) is 0 Å². The maximum Gasteiger partial charge on any atom is 0.171 e. The molecule has 0 atom stereocenters. The van der Waals surface area contributed by atoms with E-state index in [1.54, 1.807) is 0 Å². The second kappa shape index (κ2) is 2.95. The van der Waals surface area contributed by atoms with Crippen LogP contribution in [0.25, 0.3) is 17.1 Å². The van der Waals surface area contributed by atoms with Gasteiger partial charge in [0.2, 0.25) is 0 Å². The van der Waals surface area contributed by atoms with Gasteiger partial charge >= 0.3 is 0 Å². The molecular formula is C11H10N4. The number of hydrazine groups is 1. The summed E-state index contributed by atoms with van der Waals surface area (Å²) in [6.45, 7) is 0. The fourth-order valence-electron chi connectivity index (χ4n) is 1.60. The Kier molecular flexibility index (Phi) is 1.62. The third-order valence-electron chi connectivity index (χ3n) is 2.34. The maximum absolute atomic E-state index is 4.51. The smallest absolute Gasteiger partial charge is 0.171 e. The Morgan fingerprint density at radius 2 is 1.87 bits per heavy atom. The van der Waals surface area contributed by atoms with E-state index in [1.807, 2.05) is 48.6 Å². The summed E-state index contributed by atoms with van der Waals surface area (Å²) in [6, 6.07) is 7.86. The number of aromatic nitrogens is 2. The number of hydrogen-bond acceptors (Lipinski definition) is 4. The predicted molar refractivity (Wildman–Crippen MR) is 60.0 cm³/mol. The van der Waals surface area contributed by atoms with E-state index in [9.17, 15) is 0 Å². The van der Waals surface area contributed by atoms with Crippen LogP contribution in [0.15, 0.2) is 30.5 Å². The van der Waals surface area contributed by atoms with Crippen molar-refractivity contribution in [3.63, 3.8) is 0 Å². The van der Waals surface area contributed by atoms with Crippen LogP contribution in [-0.4, -0.2) is 22.0 Å². The van der Waals surface area contributed by atoms with Gasteiger partial charge in [0.05, 0.1) is 11.0 Å². The lowest BCUT2D eigenvalue weighted by Crippen LogP contribution is -2.23. The molecule has 1 aliphatic rings. The summed E-state index contributed by atoms with van der Waals surface area (Å²) in [5.74, 6) is 0.804. The topological polar surface area (TPSA) is 41.1 Å². The van der Waals surface area contributed by atoms with Gasteiger partial charge in [-0.3, -0.25) is 10.4 Å². The van der Waals surface area contributed by atoms with Crippen molar-refractivity contribution in [2.24, 2.45) is 0 Å². The van der Waals surface area contributed by atoms with Gasteiger partial charge in [0.1, 0.15) is 5.69 Å². The van der Waals surface area contributed by atoms with Crippen molar-refractivity contribution >= 4 is 22.9 Å². The highest BCUT2D eigenvalue weighted by Crippen LogP contribution is 2.20. The summed E-state index contributed by atoms with van der Waals surface area (Å²) < 4.78 is 0. The van der Waals surface area contributed by atoms with E-state index >= 15 is 0 Å². The van der Waals surface area contributed by atoms with Crippen LogP contribution in [0, 0.1) is 0 Å². The summed E-state index contributed by atoms with van der Waals surface area (Å²) in [6.07, 6.45) is 3.87. The molecular weight excluding hydrogens is 188 g/mol. The summed E-state index contributed by atoms with van der Waals surface area (Å²) in [4.78, 5) is 9.01. The normalized spacial score (nSPS) is 13.8.